The van der Waals surface area contributed by atoms with Crippen LogP contribution in [0.1, 0.15) is 37.6 Å². The number of carboxylic acids is 1. The van der Waals surface area contributed by atoms with Crippen molar-refractivity contribution >= 4 is 43.7 Å². The Hall–Kier alpha value is -0.880. The summed E-state index contributed by atoms with van der Waals surface area (Å²) in [6.07, 6.45) is -0.0748. The van der Waals surface area contributed by atoms with Crippen LogP contribution in [0.4, 0.5) is 0 Å². The molecule has 0 aliphatic rings. The zero-order valence-electron chi connectivity index (χ0n) is 11.6. The third kappa shape index (κ3) is 4.59. The standard InChI is InChI=1S/C14H17Br2NO3/c1-14(2,3)17(7-6-12(18)19)13(20)10-8-9(15)4-5-11(10)16/h4-5,8H,6-7H2,1-3H3,(H,18,19). The lowest BCUT2D eigenvalue weighted by Gasteiger charge is -2.35. The summed E-state index contributed by atoms with van der Waals surface area (Å²) in [6, 6.07) is 5.35. The van der Waals surface area contributed by atoms with Crippen LogP contribution in [0, 0.1) is 0 Å². The molecule has 1 aromatic rings. The number of hydrogen-bond acceptors (Lipinski definition) is 2. The molecule has 6 heteroatoms. The summed E-state index contributed by atoms with van der Waals surface area (Å²) in [6.45, 7) is 5.84. The van der Waals surface area contributed by atoms with E-state index in [0.29, 0.717) is 10.0 Å². The second-order valence-electron chi connectivity index (χ2n) is 5.40. The van der Waals surface area contributed by atoms with Gasteiger partial charge in [-0.05, 0) is 54.9 Å². The summed E-state index contributed by atoms with van der Waals surface area (Å²) >= 11 is 6.70. The van der Waals surface area contributed by atoms with Crippen molar-refractivity contribution in [3.63, 3.8) is 0 Å². The number of rotatable bonds is 4. The van der Waals surface area contributed by atoms with Crippen molar-refractivity contribution in [1.82, 2.24) is 4.90 Å². The van der Waals surface area contributed by atoms with Crippen molar-refractivity contribution in [3.05, 3.63) is 32.7 Å². The fourth-order valence-corrected chi connectivity index (χ4v) is 2.53. The smallest absolute Gasteiger partial charge is 0.305 e. The number of hydrogen-bond donors (Lipinski definition) is 1. The third-order valence-electron chi connectivity index (χ3n) is 2.76. The van der Waals surface area contributed by atoms with E-state index < -0.39 is 11.5 Å². The van der Waals surface area contributed by atoms with E-state index in [4.69, 9.17) is 5.11 Å². The van der Waals surface area contributed by atoms with Gasteiger partial charge >= 0.3 is 5.97 Å². The molecular weight excluding hydrogens is 390 g/mol. The molecule has 0 heterocycles. The first kappa shape index (κ1) is 17.2. The number of benzene rings is 1. The fourth-order valence-electron chi connectivity index (χ4n) is 1.76. The van der Waals surface area contributed by atoms with Crippen molar-refractivity contribution < 1.29 is 14.7 Å². The first-order valence-electron chi connectivity index (χ1n) is 6.11. The number of amides is 1. The molecule has 0 aliphatic carbocycles. The molecule has 20 heavy (non-hydrogen) atoms. The molecule has 1 amide bonds. The Morgan fingerprint density at radius 1 is 1.25 bits per heavy atom. The lowest BCUT2D eigenvalue weighted by atomic mass is 10.0. The topological polar surface area (TPSA) is 57.6 Å². The van der Waals surface area contributed by atoms with Crippen LogP contribution in [0.3, 0.4) is 0 Å². The van der Waals surface area contributed by atoms with Crippen LogP contribution in [0.5, 0.6) is 0 Å². The molecule has 0 radical (unpaired) electrons. The van der Waals surface area contributed by atoms with Crippen LogP contribution in [0.15, 0.2) is 27.1 Å². The van der Waals surface area contributed by atoms with E-state index in [2.05, 4.69) is 31.9 Å². The van der Waals surface area contributed by atoms with Gasteiger partial charge in [-0.15, -0.1) is 0 Å². The van der Waals surface area contributed by atoms with Gasteiger partial charge in [-0.3, -0.25) is 9.59 Å². The molecule has 1 N–H and O–H groups in total. The van der Waals surface area contributed by atoms with Gasteiger partial charge < -0.3 is 10.0 Å². The Morgan fingerprint density at radius 3 is 2.35 bits per heavy atom. The molecule has 0 atom stereocenters. The second kappa shape index (κ2) is 6.72. The van der Waals surface area contributed by atoms with Crippen molar-refractivity contribution in [2.24, 2.45) is 0 Å². The number of nitrogens with zero attached hydrogens (tertiary/aromatic N) is 1. The highest BCUT2D eigenvalue weighted by atomic mass is 79.9. The van der Waals surface area contributed by atoms with Crippen LogP contribution in [-0.2, 0) is 4.79 Å². The maximum absolute atomic E-state index is 12.7. The number of carboxylic acid groups (broad SMARTS) is 1. The third-order valence-corrected chi connectivity index (χ3v) is 3.95. The molecular formula is C14H17Br2NO3. The predicted molar refractivity (Wildman–Crippen MR) is 84.9 cm³/mol. The summed E-state index contributed by atoms with van der Waals surface area (Å²) in [7, 11) is 0. The van der Waals surface area contributed by atoms with Gasteiger partial charge in [-0.1, -0.05) is 15.9 Å². The fraction of sp³-hybridized carbons (Fsp3) is 0.429. The minimum atomic E-state index is -0.916. The minimum absolute atomic E-state index is 0.0748. The Labute approximate surface area is 135 Å². The van der Waals surface area contributed by atoms with Crippen molar-refractivity contribution in [2.45, 2.75) is 32.7 Å². The van der Waals surface area contributed by atoms with Gasteiger partial charge in [0, 0.05) is 21.0 Å². The van der Waals surface area contributed by atoms with Gasteiger partial charge in [0.15, 0.2) is 0 Å². The van der Waals surface area contributed by atoms with E-state index in [1.165, 1.54) is 0 Å². The van der Waals surface area contributed by atoms with Crippen LogP contribution < -0.4 is 0 Å². The maximum atomic E-state index is 12.7. The number of halogens is 2. The van der Waals surface area contributed by atoms with Crippen LogP contribution in [0.2, 0.25) is 0 Å². The average Bonchev–Trinajstić information content (AvgIpc) is 2.30. The molecule has 0 saturated heterocycles. The average molecular weight is 407 g/mol. The highest BCUT2D eigenvalue weighted by molar-refractivity contribution is 9.11. The predicted octanol–water partition coefficient (Wildman–Crippen LogP) is 3.93. The van der Waals surface area contributed by atoms with Gasteiger partial charge in [0.25, 0.3) is 5.91 Å². The van der Waals surface area contributed by atoms with Gasteiger partial charge in [0.2, 0.25) is 0 Å². The van der Waals surface area contributed by atoms with E-state index >= 15 is 0 Å². The lowest BCUT2D eigenvalue weighted by Crippen LogP contribution is -2.46. The molecule has 0 saturated carbocycles. The highest BCUT2D eigenvalue weighted by Gasteiger charge is 2.28. The van der Waals surface area contributed by atoms with Gasteiger partial charge in [0.1, 0.15) is 0 Å². The molecule has 0 spiro atoms. The molecule has 1 aromatic carbocycles. The first-order chi connectivity index (χ1) is 9.12. The Balaban J connectivity index is 3.10. The number of carbonyl (C=O) groups is 2. The molecule has 0 aromatic heterocycles. The lowest BCUT2D eigenvalue weighted by molar-refractivity contribution is -0.137. The Kier molecular flexibility index (Phi) is 5.77. The number of aliphatic carboxylic acids is 1. The van der Waals surface area contributed by atoms with E-state index in [-0.39, 0.29) is 18.9 Å². The van der Waals surface area contributed by atoms with E-state index in [1.54, 1.807) is 17.0 Å². The molecule has 0 unspecified atom stereocenters. The number of carbonyl (C=O) groups excluding carboxylic acids is 1. The van der Waals surface area contributed by atoms with Gasteiger partial charge in [0.05, 0.1) is 12.0 Å². The first-order valence-corrected chi connectivity index (χ1v) is 7.70. The minimum Gasteiger partial charge on any atom is -0.481 e. The summed E-state index contributed by atoms with van der Waals surface area (Å²) in [4.78, 5) is 25.0. The van der Waals surface area contributed by atoms with E-state index in [1.807, 2.05) is 26.8 Å². The molecule has 4 nitrogen and oxygen atoms in total. The monoisotopic (exact) mass is 405 g/mol. The zero-order chi connectivity index (χ0) is 15.5. The Morgan fingerprint density at radius 2 is 1.85 bits per heavy atom. The molecule has 0 fully saturated rings. The molecule has 110 valence electrons. The second-order valence-corrected chi connectivity index (χ2v) is 7.17. The summed E-state index contributed by atoms with van der Waals surface area (Å²) in [5, 5.41) is 8.82. The summed E-state index contributed by atoms with van der Waals surface area (Å²) in [5.74, 6) is -1.10. The SMILES string of the molecule is CC(C)(C)N(CCC(=O)O)C(=O)c1cc(Br)ccc1Br. The zero-order valence-corrected chi connectivity index (χ0v) is 14.8. The normalized spacial score (nSPS) is 11.2. The van der Waals surface area contributed by atoms with E-state index in [9.17, 15) is 9.59 Å². The molecule has 1 rings (SSSR count). The van der Waals surface area contributed by atoms with Crippen LogP contribution in [0.25, 0.3) is 0 Å². The molecule has 0 bridgehead atoms. The Bertz CT molecular complexity index is 524. The van der Waals surface area contributed by atoms with Crippen molar-refractivity contribution in [2.75, 3.05) is 6.54 Å². The summed E-state index contributed by atoms with van der Waals surface area (Å²) in [5.41, 5.74) is 0.0635. The van der Waals surface area contributed by atoms with Gasteiger partial charge in [-0.2, -0.15) is 0 Å². The van der Waals surface area contributed by atoms with Crippen LogP contribution >= 0.6 is 31.9 Å². The van der Waals surface area contributed by atoms with Gasteiger partial charge in [-0.25, -0.2) is 0 Å². The van der Waals surface area contributed by atoms with Crippen LogP contribution in [-0.4, -0.2) is 34.0 Å². The van der Waals surface area contributed by atoms with E-state index in [0.717, 1.165) is 4.47 Å². The molecule has 0 aliphatic heterocycles. The largest absolute Gasteiger partial charge is 0.481 e. The highest BCUT2D eigenvalue weighted by Crippen LogP contribution is 2.26. The maximum Gasteiger partial charge on any atom is 0.305 e. The quantitative estimate of drug-likeness (QED) is 0.824. The van der Waals surface area contributed by atoms with Crippen molar-refractivity contribution in [1.29, 1.82) is 0 Å². The summed E-state index contributed by atoms with van der Waals surface area (Å²) < 4.78 is 1.49. The van der Waals surface area contributed by atoms with Crippen molar-refractivity contribution in [3.8, 4) is 0 Å².